The van der Waals surface area contributed by atoms with Gasteiger partial charge in [-0.3, -0.25) is 0 Å². The van der Waals surface area contributed by atoms with Crippen molar-refractivity contribution in [2.75, 3.05) is 7.05 Å². The van der Waals surface area contributed by atoms with Crippen LogP contribution in [0.15, 0.2) is 30.3 Å². The predicted molar refractivity (Wildman–Crippen MR) is 48.5 cm³/mol. The molecule has 4 heteroatoms. The number of hydrogen-bond donors (Lipinski definition) is 2. The number of carboxylic acid groups (broad SMARTS) is 1. The van der Waals surface area contributed by atoms with Gasteiger partial charge in [0.2, 0.25) is 0 Å². The van der Waals surface area contributed by atoms with Crippen molar-refractivity contribution in [2.45, 2.75) is 0 Å². The van der Waals surface area contributed by atoms with Crippen molar-refractivity contribution in [3.05, 3.63) is 35.4 Å². The van der Waals surface area contributed by atoms with Gasteiger partial charge >= 0.3 is 6.09 Å². The molecule has 0 atom stereocenters. The minimum atomic E-state index is -0.995. The van der Waals surface area contributed by atoms with E-state index < -0.39 is 6.09 Å². The SMILES string of the molecule is CNC(=O)O.Clc1ccccc1. The molecule has 0 radical (unpaired) electrons. The lowest BCUT2D eigenvalue weighted by atomic mass is 10.4. The van der Waals surface area contributed by atoms with Gasteiger partial charge in [0.1, 0.15) is 0 Å². The van der Waals surface area contributed by atoms with Gasteiger partial charge in [-0.15, -0.1) is 0 Å². The van der Waals surface area contributed by atoms with Crippen LogP contribution < -0.4 is 5.32 Å². The molecule has 0 unspecified atom stereocenters. The van der Waals surface area contributed by atoms with E-state index in [2.05, 4.69) is 0 Å². The van der Waals surface area contributed by atoms with Crippen molar-refractivity contribution in [2.24, 2.45) is 0 Å². The summed E-state index contributed by atoms with van der Waals surface area (Å²) in [5.74, 6) is 0. The molecule has 12 heavy (non-hydrogen) atoms. The van der Waals surface area contributed by atoms with E-state index in [0.717, 1.165) is 5.02 Å². The van der Waals surface area contributed by atoms with Gasteiger partial charge in [0.15, 0.2) is 0 Å². The molecule has 1 aromatic rings. The Kier molecular flexibility index (Phi) is 5.83. The lowest BCUT2D eigenvalue weighted by Crippen LogP contribution is -2.13. The molecule has 1 aromatic carbocycles. The second kappa shape index (κ2) is 6.49. The topological polar surface area (TPSA) is 49.3 Å². The van der Waals surface area contributed by atoms with E-state index >= 15 is 0 Å². The summed E-state index contributed by atoms with van der Waals surface area (Å²) in [5, 5.41) is 10.3. The van der Waals surface area contributed by atoms with Gasteiger partial charge in [-0.25, -0.2) is 4.79 Å². The first kappa shape index (κ1) is 10.8. The van der Waals surface area contributed by atoms with Crippen LogP contribution in [-0.2, 0) is 0 Å². The van der Waals surface area contributed by atoms with Gasteiger partial charge in [-0.2, -0.15) is 0 Å². The maximum absolute atomic E-state index is 9.26. The molecule has 0 heterocycles. The molecule has 2 N–H and O–H groups in total. The van der Waals surface area contributed by atoms with Gasteiger partial charge < -0.3 is 10.4 Å². The third kappa shape index (κ3) is 6.89. The van der Waals surface area contributed by atoms with E-state index in [1.165, 1.54) is 7.05 Å². The minimum absolute atomic E-state index is 0.794. The average molecular weight is 188 g/mol. The zero-order valence-electron chi connectivity index (χ0n) is 6.62. The number of benzene rings is 1. The summed E-state index contributed by atoms with van der Waals surface area (Å²) in [4.78, 5) is 9.26. The highest BCUT2D eigenvalue weighted by atomic mass is 35.5. The average Bonchev–Trinajstić information content (AvgIpc) is 2.07. The van der Waals surface area contributed by atoms with Crippen LogP contribution in [0, 0.1) is 0 Å². The van der Waals surface area contributed by atoms with Crippen molar-refractivity contribution in [3.63, 3.8) is 0 Å². The Bertz CT molecular complexity index is 226. The van der Waals surface area contributed by atoms with E-state index in [9.17, 15) is 4.79 Å². The zero-order valence-corrected chi connectivity index (χ0v) is 7.38. The molecule has 0 aliphatic carbocycles. The molecule has 0 saturated carbocycles. The molecule has 66 valence electrons. The first-order valence-electron chi connectivity index (χ1n) is 3.28. The number of hydrogen-bond acceptors (Lipinski definition) is 1. The highest BCUT2D eigenvalue weighted by Crippen LogP contribution is 2.03. The van der Waals surface area contributed by atoms with E-state index in [1.807, 2.05) is 35.6 Å². The molecule has 0 aliphatic heterocycles. The third-order valence-corrected chi connectivity index (χ3v) is 1.20. The van der Waals surface area contributed by atoms with Crippen LogP contribution in [0.4, 0.5) is 4.79 Å². The molecule has 0 fully saturated rings. The summed E-state index contributed by atoms with van der Waals surface area (Å²) >= 11 is 5.54. The molecule has 0 aromatic heterocycles. The summed E-state index contributed by atoms with van der Waals surface area (Å²) in [5.41, 5.74) is 0. The van der Waals surface area contributed by atoms with Crippen molar-refractivity contribution < 1.29 is 9.90 Å². The lowest BCUT2D eigenvalue weighted by molar-refractivity contribution is 0.197. The van der Waals surface area contributed by atoms with Gasteiger partial charge in [0.25, 0.3) is 0 Å². The predicted octanol–water partition coefficient (Wildman–Crippen LogP) is 2.22. The number of amides is 1. The Balaban J connectivity index is 0.000000217. The summed E-state index contributed by atoms with van der Waals surface area (Å²) in [6.07, 6.45) is -0.995. The normalized spacial score (nSPS) is 7.83. The monoisotopic (exact) mass is 187 g/mol. The Morgan fingerprint density at radius 2 is 1.83 bits per heavy atom. The van der Waals surface area contributed by atoms with Crippen molar-refractivity contribution in [1.29, 1.82) is 0 Å². The molecular formula is C8H10ClNO2. The fraction of sp³-hybridized carbons (Fsp3) is 0.125. The van der Waals surface area contributed by atoms with Crippen LogP contribution >= 0.6 is 11.6 Å². The van der Waals surface area contributed by atoms with Crippen LogP contribution in [0.1, 0.15) is 0 Å². The Morgan fingerprint density at radius 3 is 2.00 bits per heavy atom. The smallest absolute Gasteiger partial charge is 0.404 e. The fourth-order valence-corrected chi connectivity index (χ4v) is 0.560. The first-order valence-corrected chi connectivity index (χ1v) is 3.66. The highest BCUT2D eigenvalue weighted by Gasteiger charge is 1.77. The number of halogens is 1. The zero-order chi connectivity index (χ0) is 9.40. The molecule has 1 rings (SSSR count). The maximum Gasteiger partial charge on any atom is 0.404 e. The molecule has 0 spiro atoms. The maximum atomic E-state index is 9.26. The summed E-state index contributed by atoms with van der Waals surface area (Å²) < 4.78 is 0. The molecular weight excluding hydrogens is 178 g/mol. The van der Waals surface area contributed by atoms with E-state index in [0.29, 0.717) is 0 Å². The first-order chi connectivity index (χ1) is 5.66. The largest absolute Gasteiger partial charge is 0.465 e. The van der Waals surface area contributed by atoms with Crippen molar-refractivity contribution in [3.8, 4) is 0 Å². The molecule has 1 amide bonds. The van der Waals surface area contributed by atoms with Gasteiger partial charge in [0.05, 0.1) is 0 Å². The van der Waals surface area contributed by atoms with Crippen LogP contribution in [0.3, 0.4) is 0 Å². The number of carbonyl (C=O) groups is 1. The lowest BCUT2D eigenvalue weighted by Gasteiger charge is -1.80. The Morgan fingerprint density at radius 1 is 1.42 bits per heavy atom. The number of nitrogens with one attached hydrogen (secondary N) is 1. The standard InChI is InChI=1S/C6H5Cl.C2H5NO2/c7-6-4-2-1-3-5-6;1-3-2(4)5/h1-5H;3H,1H3,(H,4,5). The van der Waals surface area contributed by atoms with E-state index in [4.69, 9.17) is 16.7 Å². The summed E-state index contributed by atoms with van der Waals surface area (Å²) in [6, 6.07) is 9.44. The van der Waals surface area contributed by atoms with Gasteiger partial charge in [-0.1, -0.05) is 29.8 Å². The Labute approximate surface area is 76.0 Å². The summed E-state index contributed by atoms with van der Waals surface area (Å²) in [7, 11) is 1.35. The molecule has 0 aliphatic rings. The summed E-state index contributed by atoms with van der Waals surface area (Å²) in [6.45, 7) is 0. The second-order valence-electron chi connectivity index (χ2n) is 1.85. The number of rotatable bonds is 0. The van der Waals surface area contributed by atoms with E-state index in [1.54, 1.807) is 0 Å². The Hall–Kier alpha value is -1.22. The molecule has 0 saturated heterocycles. The quantitative estimate of drug-likeness (QED) is 0.655. The van der Waals surface area contributed by atoms with Crippen molar-refractivity contribution >= 4 is 17.7 Å². The second-order valence-corrected chi connectivity index (χ2v) is 2.29. The highest BCUT2D eigenvalue weighted by molar-refractivity contribution is 6.30. The van der Waals surface area contributed by atoms with Crippen LogP contribution in [0.5, 0.6) is 0 Å². The van der Waals surface area contributed by atoms with Crippen LogP contribution in [0.25, 0.3) is 0 Å². The fourth-order valence-electron chi connectivity index (χ4n) is 0.415. The van der Waals surface area contributed by atoms with Crippen LogP contribution in [0.2, 0.25) is 5.02 Å². The minimum Gasteiger partial charge on any atom is -0.465 e. The van der Waals surface area contributed by atoms with Crippen molar-refractivity contribution in [1.82, 2.24) is 5.32 Å². The third-order valence-electron chi connectivity index (χ3n) is 0.947. The van der Waals surface area contributed by atoms with Crippen LogP contribution in [-0.4, -0.2) is 18.2 Å². The van der Waals surface area contributed by atoms with Gasteiger partial charge in [-0.05, 0) is 12.1 Å². The van der Waals surface area contributed by atoms with E-state index in [-0.39, 0.29) is 0 Å². The molecule has 3 nitrogen and oxygen atoms in total. The van der Waals surface area contributed by atoms with Gasteiger partial charge in [0, 0.05) is 12.1 Å². The molecule has 0 bridgehead atoms.